The second-order valence-corrected chi connectivity index (χ2v) is 6.33. The summed E-state index contributed by atoms with van der Waals surface area (Å²) >= 11 is 3.50. The van der Waals surface area contributed by atoms with Crippen molar-refractivity contribution >= 4 is 43.8 Å². The highest BCUT2D eigenvalue weighted by molar-refractivity contribution is 9.10. The minimum absolute atomic E-state index is 0.447. The molecule has 0 aliphatic carbocycles. The highest BCUT2D eigenvalue weighted by atomic mass is 79.9. The van der Waals surface area contributed by atoms with Gasteiger partial charge in [0.15, 0.2) is 11.4 Å². The summed E-state index contributed by atoms with van der Waals surface area (Å²) in [5.41, 5.74) is 2.50. The van der Waals surface area contributed by atoms with E-state index < -0.39 is 0 Å². The number of aromatic nitrogens is 2. The second kappa shape index (κ2) is 4.96. The van der Waals surface area contributed by atoms with Crippen LogP contribution in [-0.4, -0.2) is 35.6 Å². The van der Waals surface area contributed by atoms with Gasteiger partial charge in [0.05, 0.1) is 0 Å². The maximum atomic E-state index is 6.02. The van der Waals surface area contributed by atoms with Crippen LogP contribution in [0.5, 0.6) is 0 Å². The average molecular weight is 347 g/mol. The predicted octanol–water partition coefficient (Wildman–Crippen LogP) is 2.94. The largest absolute Gasteiger partial charge is 0.450 e. The Morgan fingerprint density at radius 3 is 3.14 bits per heavy atom. The first-order chi connectivity index (χ1) is 10.2. The Bertz CT molecular complexity index is 816. The van der Waals surface area contributed by atoms with Crippen LogP contribution in [-0.2, 0) is 0 Å². The van der Waals surface area contributed by atoms with E-state index in [1.807, 2.05) is 18.2 Å². The molecular weight excluding hydrogens is 332 g/mol. The molecule has 0 bridgehead atoms. The lowest BCUT2D eigenvalue weighted by Gasteiger charge is -2.32. The fraction of sp³-hybridized carbons (Fsp3) is 0.333. The van der Waals surface area contributed by atoms with Crippen LogP contribution in [0.2, 0.25) is 0 Å². The van der Waals surface area contributed by atoms with Crippen LogP contribution in [0.15, 0.2) is 33.4 Å². The number of benzene rings is 1. The highest BCUT2D eigenvalue weighted by Crippen LogP contribution is 2.33. The molecule has 3 heterocycles. The van der Waals surface area contributed by atoms with Crippen LogP contribution >= 0.6 is 15.9 Å². The molecule has 0 spiro atoms. The monoisotopic (exact) mass is 346 g/mol. The Morgan fingerprint density at radius 2 is 2.29 bits per heavy atom. The van der Waals surface area contributed by atoms with Crippen molar-refractivity contribution in [1.29, 1.82) is 0 Å². The van der Waals surface area contributed by atoms with Crippen LogP contribution < -0.4 is 10.2 Å². The van der Waals surface area contributed by atoms with Crippen molar-refractivity contribution < 1.29 is 4.42 Å². The number of nitrogens with zero attached hydrogens (tertiary/aromatic N) is 3. The van der Waals surface area contributed by atoms with Crippen molar-refractivity contribution in [3.63, 3.8) is 0 Å². The number of anilines is 1. The van der Waals surface area contributed by atoms with E-state index in [2.05, 4.69) is 43.0 Å². The van der Waals surface area contributed by atoms with Crippen molar-refractivity contribution in [3.05, 3.63) is 29.0 Å². The molecule has 3 aromatic rings. The van der Waals surface area contributed by atoms with Crippen molar-refractivity contribution in [1.82, 2.24) is 15.3 Å². The molecule has 1 aliphatic heterocycles. The lowest BCUT2D eigenvalue weighted by molar-refractivity contribution is 0.481. The molecule has 1 aliphatic rings. The van der Waals surface area contributed by atoms with E-state index in [4.69, 9.17) is 4.42 Å². The molecule has 1 atom stereocenters. The zero-order chi connectivity index (χ0) is 14.4. The predicted molar refractivity (Wildman–Crippen MR) is 86.7 cm³/mol. The number of nitrogens with one attached hydrogen (secondary N) is 1. The molecule has 6 heteroatoms. The highest BCUT2D eigenvalue weighted by Gasteiger charge is 2.22. The van der Waals surface area contributed by atoms with Gasteiger partial charge in [0.2, 0.25) is 0 Å². The fourth-order valence-corrected chi connectivity index (χ4v) is 3.25. The maximum absolute atomic E-state index is 6.02. The summed E-state index contributed by atoms with van der Waals surface area (Å²) in [6.07, 6.45) is 1.63. The molecule has 5 nitrogen and oxygen atoms in total. The summed E-state index contributed by atoms with van der Waals surface area (Å²) in [4.78, 5) is 11.1. The summed E-state index contributed by atoms with van der Waals surface area (Å²) in [5, 5.41) is 4.46. The lowest BCUT2D eigenvalue weighted by Crippen LogP contribution is -2.49. The molecule has 1 aromatic carbocycles. The van der Waals surface area contributed by atoms with Gasteiger partial charge in [-0.05, 0) is 25.1 Å². The smallest absolute Gasteiger partial charge is 0.196 e. The first-order valence-corrected chi connectivity index (χ1v) is 7.83. The zero-order valence-electron chi connectivity index (χ0n) is 11.6. The van der Waals surface area contributed by atoms with Crippen molar-refractivity contribution in [2.75, 3.05) is 24.5 Å². The molecule has 0 radical (unpaired) electrons. The van der Waals surface area contributed by atoms with Gasteiger partial charge < -0.3 is 14.6 Å². The summed E-state index contributed by atoms with van der Waals surface area (Å²) in [5.74, 6) is 0.890. The second-order valence-electron chi connectivity index (χ2n) is 5.42. The number of halogens is 1. The summed E-state index contributed by atoms with van der Waals surface area (Å²) < 4.78 is 7.04. The maximum Gasteiger partial charge on any atom is 0.196 e. The van der Waals surface area contributed by atoms with Crippen LogP contribution in [0.3, 0.4) is 0 Å². The molecule has 2 aromatic heterocycles. The molecule has 1 fully saturated rings. The van der Waals surface area contributed by atoms with E-state index in [-0.39, 0.29) is 0 Å². The number of piperazine rings is 1. The van der Waals surface area contributed by atoms with Crippen LogP contribution in [0.25, 0.3) is 22.1 Å². The van der Waals surface area contributed by atoms with Crippen LogP contribution in [0.1, 0.15) is 6.92 Å². The van der Waals surface area contributed by atoms with Crippen molar-refractivity contribution in [3.8, 4) is 0 Å². The summed E-state index contributed by atoms with van der Waals surface area (Å²) in [6.45, 7) is 4.99. The number of hydrogen-bond acceptors (Lipinski definition) is 5. The van der Waals surface area contributed by atoms with E-state index in [1.54, 1.807) is 6.33 Å². The Balaban J connectivity index is 1.91. The Morgan fingerprint density at radius 1 is 1.38 bits per heavy atom. The standard InChI is InChI=1S/C15H15BrN4O/c1-9-7-20(5-4-17-9)15-14-13(18-8-19-15)11-6-10(16)2-3-12(11)21-14/h2-3,6,8-9,17H,4-5,7H2,1H3/t9-/m0/s1. The topological polar surface area (TPSA) is 54.2 Å². The van der Waals surface area contributed by atoms with Crippen molar-refractivity contribution in [2.45, 2.75) is 13.0 Å². The van der Waals surface area contributed by atoms with Gasteiger partial charge in [0.25, 0.3) is 0 Å². The molecule has 0 amide bonds. The Hall–Kier alpha value is -1.66. The minimum atomic E-state index is 0.447. The molecule has 21 heavy (non-hydrogen) atoms. The van der Waals surface area contributed by atoms with E-state index in [0.29, 0.717) is 6.04 Å². The SMILES string of the molecule is C[C@H]1CN(c2ncnc3c2oc2ccc(Br)cc23)CCN1. The molecule has 108 valence electrons. The zero-order valence-corrected chi connectivity index (χ0v) is 13.2. The third-order valence-corrected chi connectivity index (χ3v) is 4.36. The van der Waals surface area contributed by atoms with Gasteiger partial charge in [0, 0.05) is 35.5 Å². The number of furan rings is 1. The first-order valence-electron chi connectivity index (χ1n) is 7.03. The Kier molecular flexibility index (Phi) is 3.08. The molecule has 0 saturated carbocycles. The third-order valence-electron chi connectivity index (χ3n) is 3.86. The normalized spacial score (nSPS) is 19.5. The minimum Gasteiger partial charge on any atom is -0.450 e. The third kappa shape index (κ3) is 2.18. The number of hydrogen-bond donors (Lipinski definition) is 1. The average Bonchev–Trinajstić information content (AvgIpc) is 2.85. The number of fused-ring (bicyclic) bond motifs is 3. The first kappa shape index (κ1) is 13.0. The summed E-state index contributed by atoms with van der Waals surface area (Å²) in [6, 6.07) is 6.43. The van der Waals surface area contributed by atoms with Crippen molar-refractivity contribution in [2.24, 2.45) is 0 Å². The Labute approximate surface area is 130 Å². The molecule has 0 unspecified atom stereocenters. The van der Waals surface area contributed by atoms with E-state index in [9.17, 15) is 0 Å². The molecule has 1 N–H and O–H groups in total. The van der Waals surface area contributed by atoms with Gasteiger partial charge in [-0.2, -0.15) is 0 Å². The number of rotatable bonds is 1. The van der Waals surface area contributed by atoms with Gasteiger partial charge in [-0.15, -0.1) is 0 Å². The van der Waals surface area contributed by atoms with Gasteiger partial charge in [-0.3, -0.25) is 0 Å². The van der Waals surface area contributed by atoms with E-state index in [0.717, 1.165) is 52.0 Å². The fourth-order valence-electron chi connectivity index (χ4n) is 2.89. The lowest BCUT2D eigenvalue weighted by atomic mass is 10.2. The van der Waals surface area contributed by atoms with Gasteiger partial charge >= 0.3 is 0 Å². The molecular formula is C15H15BrN4O. The van der Waals surface area contributed by atoms with Gasteiger partial charge in [0.1, 0.15) is 17.4 Å². The van der Waals surface area contributed by atoms with Gasteiger partial charge in [-0.1, -0.05) is 15.9 Å². The van der Waals surface area contributed by atoms with Gasteiger partial charge in [-0.25, -0.2) is 9.97 Å². The van der Waals surface area contributed by atoms with E-state index in [1.165, 1.54) is 0 Å². The van der Waals surface area contributed by atoms with Crippen LogP contribution in [0.4, 0.5) is 5.82 Å². The molecule has 4 rings (SSSR count). The van der Waals surface area contributed by atoms with E-state index >= 15 is 0 Å². The molecule has 1 saturated heterocycles. The van der Waals surface area contributed by atoms with Crippen LogP contribution in [0, 0.1) is 0 Å². The summed E-state index contributed by atoms with van der Waals surface area (Å²) in [7, 11) is 0. The quantitative estimate of drug-likeness (QED) is 0.734.